The van der Waals surface area contributed by atoms with E-state index in [0.717, 1.165) is 16.5 Å². The van der Waals surface area contributed by atoms with Crippen molar-refractivity contribution < 1.29 is 22.4 Å². The zero-order valence-corrected chi connectivity index (χ0v) is 19.3. The van der Waals surface area contributed by atoms with E-state index in [9.17, 15) is 18.0 Å². The Balaban J connectivity index is 1.38. The maximum atomic E-state index is 12.8. The summed E-state index contributed by atoms with van der Waals surface area (Å²) in [6, 6.07) is 19.2. The molecule has 3 aromatic carbocycles. The summed E-state index contributed by atoms with van der Waals surface area (Å²) in [7, 11) is -3.79. The van der Waals surface area contributed by atoms with E-state index < -0.39 is 21.6 Å². The SMILES string of the molecule is Cc1cccc(C)c1NS(=O)(=O)c1ccc(NC(=O)COc2ccc3ccc(=O)oc3c2)cc1. The van der Waals surface area contributed by atoms with E-state index in [0.29, 0.717) is 22.7 Å². The number of hydrogen-bond acceptors (Lipinski definition) is 6. The van der Waals surface area contributed by atoms with E-state index in [-0.39, 0.29) is 11.5 Å². The van der Waals surface area contributed by atoms with Crippen LogP contribution in [0.5, 0.6) is 5.75 Å². The van der Waals surface area contributed by atoms with Gasteiger partial charge in [0.1, 0.15) is 11.3 Å². The van der Waals surface area contributed by atoms with Gasteiger partial charge in [-0.1, -0.05) is 18.2 Å². The van der Waals surface area contributed by atoms with Gasteiger partial charge in [0.2, 0.25) is 0 Å². The average molecular weight is 479 g/mol. The van der Waals surface area contributed by atoms with Crippen molar-refractivity contribution in [2.75, 3.05) is 16.6 Å². The van der Waals surface area contributed by atoms with Crippen molar-refractivity contribution in [1.29, 1.82) is 0 Å². The Morgan fingerprint density at radius 3 is 2.32 bits per heavy atom. The minimum Gasteiger partial charge on any atom is -0.484 e. The highest BCUT2D eigenvalue weighted by molar-refractivity contribution is 7.92. The fourth-order valence-electron chi connectivity index (χ4n) is 3.36. The minimum atomic E-state index is -3.79. The second-order valence-corrected chi connectivity index (χ2v) is 9.37. The van der Waals surface area contributed by atoms with Crippen LogP contribution in [-0.2, 0) is 14.8 Å². The predicted molar refractivity (Wildman–Crippen MR) is 130 cm³/mol. The molecule has 0 saturated heterocycles. The molecule has 9 heteroatoms. The summed E-state index contributed by atoms with van der Waals surface area (Å²) in [6.45, 7) is 3.38. The molecule has 0 aliphatic heterocycles. The molecule has 0 unspecified atom stereocenters. The second kappa shape index (κ2) is 9.40. The Kier molecular flexibility index (Phi) is 6.38. The molecule has 34 heavy (non-hydrogen) atoms. The number of carbonyl (C=O) groups excluding carboxylic acids is 1. The van der Waals surface area contributed by atoms with E-state index in [1.165, 1.54) is 36.4 Å². The molecule has 0 spiro atoms. The van der Waals surface area contributed by atoms with Crippen molar-refractivity contribution in [3.63, 3.8) is 0 Å². The average Bonchev–Trinajstić information content (AvgIpc) is 2.80. The zero-order valence-electron chi connectivity index (χ0n) is 18.5. The van der Waals surface area contributed by atoms with Gasteiger partial charge < -0.3 is 14.5 Å². The first kappa shape index (κ1) is 23.1. The van der Waals surface area contributed by atoms with Crippen molar-refractivity contribution in [1.82, 2.24) is 0 Å². The maximum absolute atomic E-state index is 12.8. The number of carbonyl (C=O) groups is 1. The van der Waals surface area contributed by atoms with Gasteiger partial charge in [-0.2, -0.15) is 0 Å². The van der Waals surface area contributed by atoms with Gasteiger partial charge in [0.15, 0.2) is 6.61 Å². The van der Waals surface area contributed by atoms with Gasteiger partial charge in [-0.3, -0.25) is 9.52 Å². The number of anilines is 2. The monoisotopic (exact) mass is 478 g/mol. The van der Waals surface area contributed by atoms with Crippen LogP contribution in [0.3, 0.4) is 0 Å². The third-order valence-corrected chi connectivity index (χ3v) is 6.50. The molecule has 174 valence electrons. The number of rotatable bonds is 7. The Bertz CT molecular complexity index is 1510. The lowest BCUT2D eigenvalue weighted by atomic mass is 10.1. The van der Waals surface area contributed by atoms with Crippen LogP contribution in [0.4, 0.5) is 11.4 Å². The van der Waals surface area contributed by atoms with Crippen molar-refractivity contribution >= 4 is 38.3 Å². The molecular weight excluding hydrogens is 456 g/mol. The van der Waals surface area contributed by atoms with E-state index in [1.807, 2.05) is 32.0 Å². The smallest absolute Gasteiger partial charge is 0.336 e. The summed E-state index contributed by atoms with van der Waals surface area (Å²) in [5.74, 6) is -0.0603. The van der Waals surface area contributed by atoms with Crippen LogP contribution in [0.15, 0.2) is 86.9 Å². The molecule has 1 aromatic heterocycles. The molecule has 0 fully saturated rings. The second-order valence-electron chi connectivity index (χ2n) is 7.69. The van der Waals surface area contributed by atoms with Crippen LogP contribution in [0.2, 0.25) is 0 Å². The molecule has 8 nitrogen and oxygen atoms in total. The van der Waals surface area contributed by atoms with Gasteiger partial charge >= 0.3 is 5.63 Å². The Labute approximate surface area is 196 Å². The Morgan fingerprint density at radius 1 is 0.941 bits per heavy atom. The number of aryl methyl sites for hydroxylation is 2. The number of fused-ring (bicyclic) bond motifs is 1. The van der Waals surface area contributed by atoms with Gasteiger partial charge in [0.05, 0.1) is 10.6 Å². The molecule has 0 radical (unpaired) electrons. The van der Waals surface area contributed by atoms with Crippen LogP contribution in [0.25, 0.3) is 11.0 Å². The molecule has 4 rings (SSSR count). The summed E-state index contributed by atoms with van der Waals surface area (Å²) in [5.41, 5.74) is 2.49. The van der Waals surface area contributed by atoms with Crippen molar-refractivity contribution in [3.05, 3.63) is 94.3 Å². The maximum Gasteiger partial charge on any atom is 0.336 e. The first-order valence-electron chi connectivity index (χ1n) is 10.4. The van der Waals surface area contributed by atoms with E-state index in [4.69, 9.17) is 9.15 Å². The van der Waals surface area contributed by atoms with Crippen molar-refractivity contribution in [2.24, 2.45) is 0 Å². The molecule has 0 bridgehead atoms. The first-order chi connectivity index (χ1) is 16.2. The molecule has 1 heterocycles. The highest BCUT2D eigenvalue weighted by Gasteiger charge is 2.16. The van der Waals surface area contributed by atoms with E-state index >= 15 is 0 Å². The van der Waals surface area contributed by atoms with Crippen LogP contribution >= 0.6 is 0 Å². The first-order valence-corrected chi connectivity index (χ1v) is 11.9. The largest absolute Gasteiger partial charge is 0.484 e. The summed E-state index contributed by atoms with van der Waals surface area (Å²) < 4.78 is 38.7. The van der Waals surface area contributed by atoms with Crippen LogP contribution in [0.1, 0.15) is 11.1 Å². The number of para-hydroxylation sites is 1. The molecule has 4 aromatic rings. The van der Waals surface area contributed by atoms with E-state index in [2.05, 4.69) is 10.0 Å². The number of benzene rings is 3. The van der Waals surface area contributed by atoms with Crippen molar-refractivity contribution in [2.45, 2.75) is 18.7 Å². The molecule has 0 saturated carbocycles. The number of sulfonamides is 1. The molecule has 0 aliphatic rings. The standard InChI is InChI=1S/C25H22N2O6S/c1-16-4-3-5-17(2)25(16)27-34(30,31)21-11-8-19(9-12-21)26-23(28)15-32-20-10-6-18-7-13-24(29)33-22(18)14-20/h3-14,27H,15H2,1-2H3,(H,26,28). The summed E-state index contributed by atoms with van der Waals surface area (Å²) in [4.78, 5) is 23.7. The lowest BCUT2D eigenvalue weighted by Gasteiger charge is -2.13. The van der Waals surface area contributed by atoms with Gasteiger partial charge in [-0.05, 0) is 67.4 Å². The molecule has 0 aliphatic carbocycles. The predicted octanol–water partition coefficient (Wildman–Crippen LogP) is 4.23. The quantitative estimate of drug-likeness (QED) is 0.384. The highest BCUT2D eigenvalue weighted by Crippen LogP contribution is 2.24. The molecule has 0 atom stereocenters. The number of hydrogen-bond donors (Lipinski definition) is 2. The summed E-state index contributed by atoms with van der Waals surface area (Å²) in [5, 5.41) is 3.39. The van der Waals surface area contributed by atoms with Gasteiger partial charge in [0, 0.05) is 23.2 Å². The molecular formula is C25H22N2O6S. The minimum absolute atomic E-state index is 0.0714. The van der Waals surface area contributed by atoms with Crippen LogP contribution in [0, 0.1) is 13.8 Å². The lowest BCUT2D eigenvalue weighted by molar-refractivity contribution is -0.118. The summed E-state index contributed by atoms with van der Waals surface area (Å²) >= 11 is 0. The van der Waals surface area contributed by atoms with E-state index in [1.54, 1.807) is 18.2 Å². The fraction of sp³-hybridized carbons (Fsp3) is 0.120. The molecule has 1 amide bonds. The third-order valence-electron chi connectivity index (χ3n) is 5.13. The number of ether oxygens (including phenoxy) is 1. The Morgan fingerprint density at radius 2 is 1.62 bits per heavy atom. The van der Waals surface area contributed by atoms with Gasteiger partial charge in [-0.15, -0.1) is 0 Å². The zero-order chi connectivity index (χ0) is 24.3. The third kappa shape index (κ3) is 5.26. The molecule has 2 N–H and O–H groups in total. The van der Waals surface area contributed by atoms with Crippen LogP contribution < -0.4 is 20.4 Å². The number of nitrogens with one attached hydrogen (secondary N) is 2. The highest BCUT2D eigenvalue weighted by atomic mass is 32.2. The normalized spacial score (nSPS) is 11.2. The lowest BCUT2D eigenvalue weighted by Crippen LogP contribution is -2.20. The van der Waals surface area contributed by atoms with Gasteiger partial charge in [0.25, 0.3) is 15.9 Å². The van der Waals surface area contributed by atoms with Crippen molar-refractivity contribution in [3.8, 4) is 5.75 Å². The Hall–Kier alpha value is -4.11. The van der Waals surface area contributed by atoms with Gasteiger partial charge in [-0.25, -0.2) is 13.2 Å². The topological polar surface area (TPSA) is 115 Å². The summed E-state index contributed by atoms with van der Waals surface area (Å²) in [6.07, 6.45) is 0. The fourth-order valence-corrected chi connectivity index (χ4v) is 4.57. The number of amides is 1. The van der Waals surface area contributed by atoms with Crippen LogP contribution in [-0.4, -0.2) is 20.9 Å².